The number of aliphatic hydroxyl groups is 1. The van der Waals surface area contributed by atoms with Crippen LogP contribution >= 0.6 is 0 Å². The number of aliphatic hydroxyl groups excluding tert-OH is 1. The van der Waals surface area contributed by atoms with Crippen LogP contribution in [0.5, 0.6) is 17.2 Å². The summed E-state index contributed by atoms with van der Waals surface area (Å²) in [6, 6.07) is 33.4. The molecule has 168 valence electrons. The van der Waals surface area contributed by atoms with Crippen molar-refractivity contribution in [3.05, 3.63) is 125 Å². The zero-order valence-corrected chi connectivity index (χ0v) is 18.7. The van der Waals surface area contributed by atoms with Crippen LogP contribution in [0.15, 0.2) is 103 Å². The molecule has 33 heavy (non-hydrogen) atoms. The van der Waals surface area contributed by atoms with Gasteiger partial charge in [-0.05, 0) is 41.0 Å². The van der Waals surface area contributed by atoms with Crippen molar-refractivity contribution in [1.29, 1.82) is 0 Å². The average Bonchev–Trinajstić information content (AvgIpc) is 2.88. The number of methoxy groups -OCH3 is 1. The van der Waals surface area contributed by atoms with Crippen LogP contribution in [0.1, 0.15) is 28.4 Å². The van der Waals surface area contributed by atoms with Crippen molar-refractivity contribution in [2.45, 2.75) is 25.7 Å². The molecule has 0 saturated heterocycles. The summed E-state index contributed by atoms with van der Waals surface area (Å²) in [6.07, 6.45) is -0.223. The second kappa shape index (κ2) is 11.2. The number of benzene rings is 4. The lowest BCUT2D eigenvalue weighted by atomic mass is 10.0. The standard InChI is InChI=1S/C29H28O4/c1-31-29-19-26(33-21-24-10-6-3-7-11-24)16-17-27(29)28(30)18-22-12-14-25(15-13-22)32-20-23-8-4-2-5-9-23/h2-17,19,28,30H,18,20-21H2,1H3. The molecule has 0 bridgehead atoms. The van der Waals surface area contributed by atoms with Crippen LogP contribution in [0.4, 0.5) is 0 Å². The number of rotatable bonds is 10. The summed E-state index contributed by atoms with van der Waals surface area (Å²) in [5.74, 6) is 2.11. The maximum atomic E-state index is 10.9. The molecule has 4 nitrogen and oxygen atoms in total. The quantitative estimate of drug-likeness (QED) is 0.322. The van der Waals surface area contributed by atoms with Crippen LogP contribution in [0.3, 0.4) is 0 Å². The molecular weight excluding hydrogens is 412 g/mol. The highest BCUT2D eigenvalue weighted by Gasteiger charge is 2.15. The summed E-state index contributed by atoms with van der Waals surface area (Å²) in [5.41, 5.74) is 3.96. The van der Waals surface area contributed by atoms with E-state index in [1.807, 2.05) is 103 Å². The molecular formula is C29H28O4. The van der Waals surface area contributed by atoms with Gasteiger partial charge in [-0.2, -0.15) is 0 Å². The van der Waals surface area contributed by atoms with E-state index in [2.05, 4.69) is 0 Å². The molecule has 0 amide bonds. The lowest BCUT2D eigenvalue weighted by Crippen LogP contribution is -2.05. The van der Waals surface area contributed by atoms with Crippen molar-refractivity contribution in [2.75, 3.05) is 7.11 Å². The smallest absolute Gasteiger partial charge is 0.128 e. The van der Waals surface area contributed by atoms with Gasteiger partial charge in [-0.3, -0.25) is 0 Å². The first-order valence-electron chi connectivity index (χ1n) is 11.0. The van der Waals surface area contributed by atoms with E-state index in [1.54, 1.807) is 7.11 Å². The normalized spacial score (nSPS) is 11.6. The lowest BCUT2D eigenvalue weighted by Gasteiger charge is -2.17. The lowest BCUT2D eigenvalue weighted by molar-refractivity contribution is 0.173. The molecule has 4 aromatic carbocycles. The third-order valence-corrected chi connectivity index (χ3v) is 5.41. The summed E-state index contributed by atoms with van der Waals surface area (Å²) in [6.45, 7) is 1.00. The fourth-order valence-corrected chi connectivity index (χ4v) is 3.59. The van der Waals surface area contributed by atoms with Crippen LogP contribution in [-0.2, 0) is 19.6 Å². The molecule has 0 heterocycles. The summed E-state index contributed by atoms with van der Waals surface area (Å²) in [4.78, 5) is 0. The Balaban J connectivity index is 1.35. The monoisotopic (exact) mass is 440 g/mol. The highest BCUT2D eigenvalue weighted by molar-refractivity contribution is 5.43. The van der Waals surface area contributed by atoms with Crippen molar-refractivity contribution in [3.63, 3.8) is 0 Å². The fraction of sp³-hybridized carbons (Fsp3) is 0.172. The van der Waals surface area contributed by atoms with Gasteiger partial charge >= 0.3 is 0 Å². The average molecular weight is 441 g/mol. The van der Waals surface area contributed by atoms with Gasteiger partial charge in [0.1, 0.15) is 30.5 Å². The van der Waals surface area contributed by atoms with E-state index < -0.39 is 6.10 Å². The van der Waals surface area contributed by atoms with Gasteiger partial charge in [-0.25, -0.2) is 0 Å². The van der Waals surface area contributed by atoms with E-state index in [0.29, 0.717) is 31.1 Å². The Labute approximate surface area is 195 Å². The summed E-state index contributed by atoms with van der Waals surface area (Å²) >= 11 is 0. The molecule has 0 saturated carbocycles. The second-order valence-electron chi connectivity index (χ2n) is 7.82. The van der Waals surface area contributed by atoms with Crippen LogP contribution in [-0.4, -0.2) is 12.2 Å². The van der Waals surface area contributed by atoms with Gasteiger partial charge in [-0.1, -0.05) is 72.8 Å². The minimum Gasteiger partial charge on any atom is -0.496 e. The van der Waals surface area contributed by atoms with Crippen LogP contribution in [0.25, 0.3) is 0 Å². The number of ether oxygens (including phenoxy) is 3. The maximum absolute atomic E-state index is 10.9. The molecule has 0 aliphatic rings. The Morgan fingerprint density at radius 3 is 1.76 bits per heavy atom. The van der Waals surface area contributed by atoms with Gasteiger partial charge < -0.3 is 19.3 Å². The number of hydrogen-bond donors (Lipinski definition) is 1. The Morgan fingerprint density at radius 2 is 1.18 bits per heavy atom. The molecule has 0 spiro atoms. The molecule has 0 radical (unpaired) electrons. The molecule has 4 aromatic rings. The van der Waals surface area contributed by atoms with Crippen LogP contribution in [0.2, 0.25) is 0 Å². The first-order chi connectivity index (χ1) is 16.2. The topological polar surface area (TPSA) is 47.9 Å². The Morgan fingerprint density at radius 1 is 0.636 bits per heavy atom. The van der Waals surface area contributed by atoms with Gasteiger partial charge in [0.15, 0.2) is 0 Å². The first kappa shape index (κ1) is 22.4. The molecule has 0 aliphatic heterocycles. The van der Waals surface area contributed by atoms with Gasteiger partial charge in [-0.15, -0.1) is 0 Å². The van der Waals surface area contributed by atoms with Crippen molar-refractivity contribution in [3.8, 4) is 17.2 Å². The van der Waals surface area contributed by atoms with Gasteiger partial charge in [0.05, 0.1) is 13.2 Å². The molecule has 4 rings (SSSR count). The summed E-state index contributed by atoms with van der Waals surface area (Å²) in [5, 5.41) is 10.9. The molecule has 0 aliphatic carbocycles. The Hall–Kier alpha value is -3.76. The SMILES string of the molecule is COc1cc(OCc2ccccc2)ccc1C(O)Cc1ccc(OCc2ccccc2)cc1. The van der Waals surface area contributed by atoms with Gasteiger partial charge in [0.25, 0.3) is 0 Å². The largest absolute Gasteiger partial charge is 0.496 e. The molecule has 1 atom stereocenters. The zero-order valence-electron chi connectivity index (χ0n) is 18.7. The highest BCUT2D eigenvalue weighted by atomic mass is 16.5. The van der Waals surface area contributed by atoms with Crippen molar-refractivity contribution in [1.82, 2.24) is 0 Å². The molecule has 1 unspecified atom stereocenters. The van der Waals surface area contributed by atoms with E-state index >= 15 is 0 Å². The second-order valence-corrected chi connectivity index (χ2v) is 7.82. The maximum Gasteiger partial charge on any atom is 0.128 e. The van der Waals surface area contributed by atoms with E-state index in [-0.39, 0.29) is 0 Å². The highest BCUT2D eigenvalue weighted by Crippen LogP contribution is 2.32. The first-order valence-corrected chi connectivity index (χ1v) is 11.0. The zero-order chi connectivity index (χ0) is 22.9. The predicted octanol–water partition coefficient (Wildman–Crippen LogP) is 6.13. The van der Waals surface area contributed by atoms with Crippen LogP contribution in [0, 0.1) is 0 Å². The van der Waals surface area contributed by atoms with Crippen molar-refractivity contribution >= 4 is 0 Å². The van der Waals surface area contributed by atoms with Gasteiger partial charge in [0.2, 0.25) is 0 Å². The Bertz CT molecular complexity index is 1130. The van der Waals surface area contributed by atoms with Crippen LogP contribution < -0.4 is 14.2 Å². The van der Waals surface area contributed by atoms with Gasteiger partial charge in [0, 0.05) is 18.1 Å². The van der Waals surface area contributed by atoms with E-state index in [1.165, 1.54) is 0 Å². The molecule has 0 aromatic heterocycles. The number of hydrogen-bond acceptors (Lipinski definition) is 4. The van der Waals surface area contributed by atoms with E-state index in [0.717, 1.165) is 28.0 Å². The summed E-state index contributed by atoms with van der Waals surface area (Å²) in [7, 11) is 1.60. The fourth-order valence-electron chi connectivity index (χ4n) is 3.59. The predicted molar refractivity (Wildman–Crippen MR) is 130 cm³/mol. The minimum atomic E-state index is -0.695. The molecule has 1 N–H and O–H groups in total. The van der Waals surface area contributed by atoms with Crippen molar-refractivity contribution < 1.29 is 19.3 Å². The third-order valence-electron chi connectivity index (χ3n) is 5.41. The minimum absolute atomic E-state index is 0.472. The van der Waals surface area contributed by atoms with E-state index in [4.69, 9.17) is 14.2 Å². The van der Waals surface area contributed by atoms with Crippen molar-refractivity contribution in [2.24, 2.45) is 0 Å². The Kier molecular flexibility index (Phi) is 7.62. The molecule has 0 fully saturated rings. The van der Waals surface area contributed by atoms with E-state index in [9.17, 15) is 5.11 Å². The summed E-state index contributed by atoms with van der Waals surface area (Å²) < 4.78 is 17.3. The third kappa shape index (κ3) is 6.37. The molecule has 4 heteroatoms.